The number of hydrogen-bond acceptors (Lipinski definition) is 4. The van der Waals surface area contributed by atoms with Crippen LogP contribution >= 0.6 is 11.6 Å². The highest BCUT2D eigenvalue weighted by atomic mass is 35.5. The van der Waals surface area contributed by atoms with Gasteiger partial charge in [-0.25, -0.2) is 4.98 Å². The van der Waals surface area contributed by atoms with Crippen molar-refractivity contribution in [3.05, 3.63) is 83.5 Å². The van der Waals surface area contributed by atoms with Crippen molar-refractivity contribution in [1.82, 2.24) is 14.5 Å². The summed E-state index contributed by atoms with van der Waals surface area (Å²) in [5.41, 5.74) is 4.33. The Bertz CT molecular complexity index is 1640. The Balaban J connectivity index is 1.28. The number of carbonyl (C=O) groups excluding carboxylic acids is 2. The Labute approximate surface area is 217 Å². The molecule has 0 radical (unpaired) electrons. The first kappa shape index (κ1) is 23.1. The van der Waals surface area contributed by atoms with Gasteiger partial charge in [0.1, 0.15) is 11.8 Å². The van der Waals surface area contributed by atoms with E-state index in [1.165, 1.54) is 0 Å². The topological polar surface area (TPSA) is 92.2 Å². The van der Waals surface area contributed by atoms with Gasteiger partial charge in [0.2, 0.25) is 11.9 Å². The summed E-state index contributed by atoms with van der Waals surface area (Å²) in [5, 5.41) is 4.51. The molecule has 1 aliphatic rings. The number of imidazole rings is 1. The van der Waals surface area contributed by atoms with Gasteiger partial charge in [0, 0.05) is 34.4 Å². The van der Waals surface area contributed by atoms with Crippen LogP contribution in [-0.2, 0) is 16.0 Å². The van der Waals surface area contributed by atoms with Crippen molar-refractivity contribution in [3.63, 3.8) is 0 Å². The molecule has 186 valence electrons. The van der Waals surface area contributed by atoms with Crippen LogP contribution in [0.1, 0.15) is 18.0 Å². The number of amides is 2. The number of benzene rings is 3. The van der Waals surface area contributed by atoms with E-state index in [1.54, 1.807) is 36.3 Å². The number of hydrogen-bond donors (Lipinski definition) is 2. The summed E-state index contributed by atoms with van der Waals surface area (Å²) < 4.78 is 7.27. The van der Waals surface area contributed by atoms with Crippen LogP contribution in [0.15, 0.2) is 72.9 Å². The fourth-order valence-electron chi connectivity index (χ4n) is 4.95. The lowest BCUT2D eigenvalue weighted by Gasteiger charge is -2.16. The molecule has 0 unspecified atom stereocenters. The lowest BCUT2D eigenvalue weighted by molar-refractivity contribution is -0.124. The van der Waals surface area contributed by atoms with E-state index in [0.29, 0.717) is 29.6 Å². The van der Waals surface area contributed by atoms with Gasteiger partial charge in [0.25, 0.3) is 5.91 Å². The number of nitrogens with one attached hydrogen (secondary N) is 2. The molecule has 0 bridgehead atoms. The maximum absolute atomic E-state index is 13.7. The number of nitrogens with zero attached hydrogens (tertiary/aromatic N) is 3. The highest BCUT2D eigenvalue weighted by Gasteiger charge is 2.40. The maximum atomic E-state index is 13.7. The van der Waals surface area contributed by atoms with Gasteiger partial charge in [-0.2, -0.15) is 0 Å². The molecule has 2 amide bonds. The van der Waals surface area contributed by atoms with Gasteiger partial charge in [-0.1, -0.05) is 23.7 Å². The van der Waals surface area contributed by atoms with Crippen LogP contribution in [-0.4, -0.2) is 40.0 Å². The van der Waals surface area contributed by atoms with Crippen LogP contribution in [0.3, 0.4) is 0 Å². The molecule has 1 aliphatic heterocycles. The number of aromatic nitrogens is 3. The number of aromatic amines is 1. The monoisotopic (exact) mass is 513 g/mol. The molecule has 2 N–H and O–H groups in total. The van der Waals surface area contributed by atoms with Crippen LogP contribution in [0, 0.1) is 0 Å². The van der Waals surface area contributed by atoms with E-state index >= 15 is 0 Å². The molecule has 0 spiro atoms. The second-order valence-corrected chi connectivity index (χ2v) is 9.45. The van der Waals surface area contributed by atoms with Crippen LogP contribution in [0.5, 0.6) is 5.75 Å². The third-order valence-corrected chi connectivity index (χ3v) is 7.02. The summed E-state index contributed by atoms with van der Waals surface area (Å²) in [4.78, 5) is 36.4. The summed E-state index contributed by atoms with van der Waals surface area (Å²) in [6.45, 7) is 0.432. The van der Waals surface area contributed by atoms with E-state index in [4.69, 9.17) is 21.3 Å². The Morgan fingerprint density at radius 3 is 2.76 bits per heavy atom. The lowest BCUT2D eigenvalue weighted by Crippen LogP contribution is -2.33. The molecular formula is C28H24ClN5O3. The third kappa shape index (κ3) is 4.19. The molecule has 6 rings (SSSR count). The van der Waals surface area contributed by atoms with Crippen LogP contribution in [0.2, 0.25) is 5.02 Å². The van der Waals surface area contributed by atoms with E-state index in [9.17, 15) is 9.59 Å². The highest BCUT2D eigenvalue weighted by Crippen LogP contribution is 2.37. The fourth-order valence-corrected chi connectivity index (χ4v) is 5.08. The normalized spacial score (nSPS) is 14.9. The molecule has 9 heteroatoms. The first-order chi connectivity index (χ1) is 18.0. The Hall–Kier alpha value is -4.30. The molecule has 37 heavy (non-hydrogen) atoms. The quantitative estimate of drug-likeness (QED) is 0.307. The predicted octanol–water partition coefficient (Wildman–Crippen LogP) is 5.34. The van der Waals surface area contributed by atoms with Gasteiger partial charge in [-0.3, -0.25) is 19.1 Å². The van der Waals surface area contributed by atoms with Gasteiger partial charge in [0.05, 0.1) is 24.6 Å². The van der Waals surface area contributed by atoms with E-state index in [2.05, 4.69) is 10.3 Å². The predicted molar refractivity (Wildman–Crippen MR) is 144 cm³/mol. The second kappa shape index (κ2) is 9.29. The average molecular weight is 514 g/mol. The molecule has 1 atom stereocenters. The van der Waals surface area contributed by atoms with Gasteiger partial charge in [0.15, 0.2) is 0 Å². The van der Waals surface area contributed by atoms with Crippen molar-refractivity contribution < 1.29 is 14.3 Å². The number of rotatable bonds is 7. The number of anilines is 2. The van der Waals surface area contributed by atoms with E-state index < -0.39 is 6.04 Å². The molecule has 2 aromatic heterocycles. The summed E-state index contributed by atoms with van der Waals surface area (Å²) in [5.74, 6) is 0.943. The highest BCUT2D eigenvalue weighted by molar-refractivity contribution is 6.30. The SMILES string of the molecule is COc1ccc2[nH]cc(CCN3C(=O)[C@H](CC(=O)Nc4ccc(Cl)cc4)n4c3nc3ccccc34)c2c1. The number of halogens is 1. The summed E-state index contributed by atoms with van der Waals surface area (Å²) in [7, 11) is 1.64. The second-order valence-electron chi connectivity index (χ2n) is 9.01. The van der Waals surface area contributed by atoms with Gasteiger partial charge < -0.3 is 15.0 Å². The summed E-state index contributed by atoms with van der Waals surface area (Å²) in [6.07, 6.45) is 2.58. The first-order valence-corrected chi connectivity index (χ1v) is 12.4. The maximum Gasteiger partial charge on any atom is 0.253 e. The van der Waals surface area contributed by atoms with Crippen molar-refractivity contribution in [1.29, 1.82) is 0 Å². The van der Waals surface area contributed by atoms with Crippen molar-refractivity contribution in [2.24, 2.45) is 0 Å². The van der Waals surface area contributed by atoms with Crippen molar-refractivity contribution in [2.75, 3.05) is 23.9 Å². The minimum absolute atomic E-state index is 0.00437. The van der Waals surface area contributed by atoms with Gasteiger partial charge >= 0.3 is 0 Å². The van der Waals surface area contributed by atoms with Gasteiger partial charge in [-0.15, -0.1) is 0 Å². The molecule has 5 aromatic rings. The smallest absolute Gasteiger partial charge is 0.253 e. The number of ether oxygens (including phenoxy) is 1. The zero-order valence-electron chi connectivity index (χ0n) is 20.1. The largest absolute Gasteiger partial charge is 0.497 e. The summed E-state index contributed by atoms with van der Waals surface area (Å²) >= 11 is 5.95. The number of fused-ring (bicyclic) bond motifs is 4. The zero-order valence-corrected chi connectivity index (χ0v) is 20.8. The number of H-pyrrole nitrogens is 1. The number of methoxy groups -OCH3 is 1. The molecular weight excluding hydrogens is 490 g/mol. The summed E-state index contributed by atoms with van der Waals surface area (Å²) in [6, 6.07) is 19.8. The minimum atomic E-state index is -0.683. The third-order valence-electron chi connectivity index (χ3n) is 6.77. The van der Waals surface area contributed by atoms with E-state index in [-0.39, 0.29) is 18.2 Å². The Kier molecular flexibility index (Phi) is 5.81. The lowest BCUT2D eigenvalue weighted by atomic mass is 10.1. The van der Waals surface area contributed by atoms with Gasteiger partial charge in [-0.05, 0) is 66.6 Å². The molecule has 0 aliphatic carbocycles. The van der Waals surface area contributed by atoms with Crippen molar-refractivity contribution in [2.45, 2.75) is 18.9 Å². The Morgan fingerprint density at radius 1 is 1.14 bits per heavy atom. The van der Waals surface area contributed by atoms with E-state index in [1.807, 2.05) is 53.2 Å². The average Bonchev–Trinajstić information content (AvgIpc) is 3.56. The first-order valence-electron chi connectivity index (χ1n) is 12.0. The molecule has 3 heterocycles. The fraction of sp³-hybridized carbons (Fsp3) is 0.179. The van der Waals surface area contributed by atoms with Crippen molar-refractivity contribution in [3.8, 4) is 5.75 Å². The molecule has 0 saturated carbocycles. The molecule has 0 saturated heterocycles. The molecule has 8 nitrogen and oxygen atoms in total. The number of para-hydroxylation sites is 2. The zero-order chi connectivity index (χ0) is 25.5. The number of carbonyl (C=O) groups is 2. The van der Waals surface area contributed by atoms with Crippen LogP contribution < -0.4 is 15.0 Å². The van der Waals surface area contributed by atoms with Crippen molar-refractivity contribution >= 4 is 57.0 Å². The minimum Gasteiger partial charge on any atom is -0.497 e. The van der Waals surface area contributed by atoms with Crippen LogP contribution in [0.25, 0.3) is 21.9 Å². The standard InChI is InChI=1S/C28H24ClN5O3/c1-37-20-10-11-22-21(14-20)17(16-30-22)12-13-33-27(36)25(15-26(35)31-19-8-6-18(29)7-9-19)34-24-5-3-2-4-23(24)32-28(33)34/h2-11,14,16,25,30H,12-13,15H2,1H3,(H,31,35)/t25-/m0/s1. The van der Waals surface area contributed by atoms with Crippen LogP contribution in [0.4, 0.5) is 11.6 Å². The molecule has 3 aromatic carbocycles. The Morgan fingerprint density at radius 2 is 1.95 bits per heavy atom. The molecule has 0 fully saturated rings. The van der Waals surface area contributed by atoms with E-state index in [0.717, 1.165) is 33.2 Å².